The van der Waals surface area contributed by atoms with Crippen LogP contribution in [-0.2, 0) is 32.6 Å². The average Bonchev–Trinajstić information content (AvgIpc) is 3.38. The van der Waals surface area contributed by atoms with E-state index in [1.165, 1.54) is 9.21 Å². The van der Waals surface area contributed by atoms with Gasteiger partial charge in [0.15, 0.2) is 0 Å². The van der Waals surface area contributed by atoms with Crippen molar-refractivity contribution in [1.29, 1.82) is 0 Å². The zero-order valence-electron chi connectivity index (χ0n) is 26.9. The summed E-state index contributed by atoms with van der Waals surface area (Å²) < 4.78 is 66.0. The molecule has 10 nitrogen and oxygen atoms in total. The van der Waals surface area contributed by atoms with Gasteiger partial charge in [0, 0.05) is 25.4 Å². The molecule has 0 aromatic heterocycles. The SMILES string of the molecule is Cc1cc(CN2C(=O)NC(C)(C)C2=O)cc(C)c1CCS(=O)(=O)N1CCC2(CC1)N=C(C1CCC(CCC(F)(F)F)CC1)NC2=O. The van der Waals surface area contributed by atoms with Gasteiger partial charge in [-0.25, -0.2) is 17.5 Å². The lowest BCUT2D eigenvalue weighted by Gasteiger charge is -2.35. The highest BCUT2D eigenvalue weighted by molar-refractivity contribution is 7.89. The summed E-state index contributed by atoms with van der Waals surface area (Å²) in [4.78, 5) is 44.0. The van der Waals surface area contributed by atoms with Crippen LogP contribution in [0.4, 0.5) is 18.0 Å². The van der Waals surface area contributed by atoms with Crippen molar-refractivity contribution in [1.82, 2.24) is 19.8 Å². The maximum absolute atomic E-state index is 13.4. The first-order valence-electron chi connectivity index (χ1n) is 16.1. The van der Waals surface area contributed by atoms with Gasteiger partial charge in [0.1, 0.15) is 16.9 Å². The van der Waals surface area contributed by atoms with E-state index < -0.39 is 39.7 Å². The number of aliphatic imine (C=N–C) groups is 1. The summed E-state index contributed by atoms with van der Waals surface area (Å²) >= 11 is 0. The first-order chi connectivity index (χ1) is 21.4. The Labute approximate surface area is 268 Å². The molecule has 1 aromatic carbocycles. The van der Waals surface area contributed by atoms with Gasteiger partial charge < -0.3 is 10.6 Å². The molecule has 14 heteroatoms. The van der Waals surface area contributed by atoms with Crippen LogP contribution in [0.25, 0.3) is 0 Å². The number of imide groups is 1. The molecule has 2 saturated heterocycles. The maximum atomic E-state index is 13.4. The number of carbonyl (C=O) groups is 3. The molecular formula is C32H44F3N5O5S. The standard InChI is InChI=1S/C32H44F3N5O5S/c1-20-17-23(19-40-28(42)30(3,4)38-29(40)43)18-21(2)25(20)10-16-46(44,45)39-14-12-31(13-15-39)27(41)36-26(37-31)24-7-5-22(6-8-24)9-11-32(33,34)35/h17-18,22,24H,5-16,19H2,1-4H3,(H,38,43)(H,36,37,41). The van der Waals surface area contributed by atoms with Crippen LogP contribution in [0.5, 0.6) is 0 Å². The Morgan fingerprint density at radius 3 is 2.15 bits per heavy atom. The number of alkyl halides is 3. The van der Waals surface area contributed by atoms with Crippen molar-refractivity contribution in [3.63, 3.8) is 0 Å². The summed E-state index contributed by atoms with van der Waals surface area (Å²) in [5.74, 6) is 0.0179. The Kier molecular flexibility index (Phi) is 9.37. The maximum Gasteiger partial charge on any atom is 0.389 e. The van der Waals surface area contributed by atoms with Gasteiger partial charge in [-0.05, 0) is 107 Å². The second kappa shape index (κ2) is 12.6. The highest BCUT2D eigenvalue weighted by atomic mass is 32.2. The third kappa shape index (κ3) is 7.27. The van der Waals surface area contributed by atoms with Gasteiger partial charge in [-0.2, -0.15) is 13.2 Å². The minimum absolute atomic E-state index is 0.00457. The Balaban J connectivity index is 1.15. The second-order valence-electron chi connectivity index (χ2n) is 14.0. The third-order valence-corrected chi connectivity index (χ3v) is 12.0. The Bertz CT molecular complexity index is 1500. The van der Waals surface area contributed by atoms with E-state index in [9.17, 15) is 36.0 Å². The fourth-order valence-corrected chi connectivity index (χ4v) is 8.83. The molecule has 2 N–H and O–H groups in total. The molecule has 5 rings (SSSR count). The highest BCUT2D eigenvalue weighted by Crippen LogP contribution is 2.38. The smallest absolute Gasteiger partial charge is 0.324 e. The van der Waals surface area contributed by atoms with Crippen molar-refractivity contribution in [3.05, 3.63) is 34.4 Å². The van der Waals surface area contributed by atoms with Crippen molar-refractivity contribution in [3.8, 4) is 0 Å². The van der Waals surface area contributed by atoms with E-state index in [2.05, 4.69) is 10.6 Å². The number of nitrogens with zero attached hydrogens (tertiary/aromatic N) is 3. The normalized spacial score (nSPS) is 25.2. The molecule has 3 heterocycles. The molecule has 1 spiro atoms. The first kappa shape index (κ1) is 34.3. The number of hydrogen-bond donors (Lipinski definition) is 2. The number of hydrogen-bond acceptors (Lipinski definition) is 6. The van der Waals surface area contributed by atoms with Gasteiger partial charge in [0.05, 0.1) is 12.3 Å². The van der Waals surface area contributed by atoms with Gasteiger partial charge in [-0.1, -0.05) is 12.1 Å². The second-order valence-corrected chi connectivity index (χ2v) is 16.1. The van der Waals surface area contributed by atoms with E-state index in [-0.39, 0.29) is 68.3 Å². The Hall–Kier alpha value is -3.00. The Morgan fingerprint density at radius 1 is 1.00 bits per heavy atom. The molecule has 0 radical (unpaired) electrons. The Morgan fingerprint density at radius 2 is 1.61 bits per heavy atom. The van der Waals surface area contributed by atoms with Crippen molar-refractivity contribution < 1.29 is 36.0 Å². The molecule has 0 unspecified atom stereocenters. The number of rotatable bonds is 9. The van der Waals surface area contributed by atoms with Crippen LogP contribution in [0.1, 0.15) is 87.5 Å². The molecule has 0 bridgehead atoms. The fraction of sp³-hybridized carbons (Fsp3) is 0.688. The molecule has 46 heavy (non-hydrogen) atoms. The molecule has 0 atom stereocenters. The lowest BCUT2D eigenvalue weighted by molar-refractivity contribution is -0.138. The van der Waals surface area contributed by atoms with Gasteiger partial charge in [-0.3, -0.25) is 19.5 Å². The fourth-order valence-electron chi connectivity index (χ4n) is 7.37. The van der Waals surface area contributed by atoms with E-state index in [0.29, 0.717) is 37.9 Å². The third-order valence-electron chi connectivity index (χ3n) is 10.2. The number of halogens is 3. The summed E-state index contributed by atoms with van der Waals surface area (Å²) in [6.45, 7) is 7.58. The monoisotopic (exact) mass is 667 g/mol. The lowest BCUT2D eigenvalue weighted by Crippen LogP contribution is -2.51. The number of piperidine rings is 1. The molecular weight excluding hydrogens is 623 g/mol. The number of sulfonamides is 1. The summed E-state index contributed by atoms with van der Waals surface area (Å²) in [6.07, 6.45) is -1.23. The predicted molar refractivity (Wildman–Crippen MR) is 166 cm³/mol. The van der Waals surface area contributed by atoms with Gasteiger partial charge >= 0.3 is 12.2 Å². The van der Waals surface area contributed by atoms with Crippen LogP contribution in [0.3, 0.4) is 0 Å². The summed E-state index contributed by atoms with van der Waals surface area (Å²) in [5.41, 5.74) is 1.50. The number of amidine groups is 1. The first-order valence-corrected chi connectivity index (χ1v) is 17.7. The van der Waals surface area contributed by atoms with Crippen LogP contribution in [0.2, 0.25) is 0 Å². The zero-order valence-corrected chi connectivity index (χ0v) is 27.7. The van der Waals surface area contributed by atoms with E-state index in [1.807, 2.05) is 26.0 Å². The van der Waals surface area contributed by atoms with E-state index in [1.54, 1.807) is 13.8 Å². The van der Waals surface area contributed by atoms with Crippen molar-refractivity contribution >= 4 is 33.7 Å². The summed E-state index contributed by atoms with van der Waals surface area (Å²) in [6, 6.07) is 3.33. The number of urea groups is 1. The van der Waals surface area contributed by atoms with Gasteiger partial charge in [0.2, 0.25) is 10.0 Å². The number of nitrogens with one attached hydrogen (secondary N) is 2. The number of carbonyl (C=O) groups excluding carboxylic acids is 3. The van der Waals surface area contributed by atoms with Crippen molar-refractivity contribution in [2.45, 2.75) is 109 Å². The van der Waals surface area contributed by atoms with Crippen LogP contribution in [-0.4, -0.2) is 77.4 Å². The molecule has 1 saturated carbocycles. The van der Waals surface area contributed by atoms with Crippen LogP contribution in [0.15, 0.2) is 17.1 Å². The number of amides is 4. The lowest BCUT2D eigenvalue weighted by atomic mass is 9.79. The molecule has 4 amide bonds. The minimum Gasteiger partial charge on any atom is -0.324 e. The molecule has 1 aromatic rings. The highest BCUT2D eigenvalue weighted by Gasteiger charge is 2.49. The quantitative estimate of drug-likeness (QED) is 0.375. The van der Waals surface area contributed by atoms with Crippen LogP contribution < -0.4 is 10.6 Å². The molecule has 3 fully saturated rings. The van der Waals surface area contributed by atoms with Gasteiger partial charge in [0.25, 0.3) is 11.8 Å². The minimum atomic E-state index is -4.14. The van der Waals surface area contributed by atoms with Crippen molar-refractivity contribution in [2.75, 3.05) is 18.8 Å². The molecule has 254 valence electrons. The molecule has 4 aliphatic rings. The summed E-state index contributed by atoms with van der Waals surface area (Å²) in [7, 11) is -3.62. The van der Waals surface area contributed by atoms with E-state index in [4.69, 9.17) is 4.99 Å². The van der Waals surface area contributed by atoms with E-state index >= 15 is 0 Å². The van der Waals surface area contributed by atoms with Crippen molar-refractivity contribution in [2.24, 2.45) is 16.8 Å². The molecule has 1 aliphatic carbocycles. The number of benzene rings is 1. The van der Waals surface area contributed by atoms with E-state index in [0.717, 1.165) is 22.3 Å². The predicted octanol–water partition coefficient (Wildman–Crippen LogP) is 4.52. The van der Waals surface area contributed by atoms with Gasteiger partial charge in [-0.15, -0.1) is 0 Å². The van der Waals surface area contributed by atoms with Crippen LogP contribution >= 0.6 is 0 Å². The average molecular weight is 668 g/mol. The molecule has 3 aliphatic heterocycles. The summed E-state index contributed by atoms with van der Waals surface area (Å²) in [5, 5.41) is 5.60. The van der Waals surface area contributed by atoms with Crippen LogP contribution in [0, 0.1) is 25.7 Å². The number of aryl methyl sites for hydroxylation is 2. The topological polar surface area (TPSA) is 128 Å². The largest absolute Gasteiger partial charge is 0.389 e. The zero-order chi connectivity index (χ0) is 33.7.